The molecule has 0 heterocycles. The van der Waals surface area contributed by atoms with Crippen LogP contribution in [-0.4, -0.2) is 42.2 Å². The fourth-order valence-corrected chi connectivity index (χ4v) is 1.97. The van der Waals surface area contributed by atoms with Gasteiger partial charge in [0.15, 0.2) is 0 Å². The van der Waals surface area contributed by atoms with Crippen molar-refractivity contribution in [2.24, 2.45) is 0 Å². The molecule has 0 spiro atoms. The van der Waals surface area contributed by atoms with Gasteiger partial charge in [0.2, 0.25) is 0 Å². The van der Waals surface area contributed by atoms with E-state index >= 15 is 0 Å². The van der Waals surface area contributed by atoms with E-state index in [0.29, 0.717) is 6.04 Å². The van der Waals surface area contributed by atoms with Crippen LogP contribution in [0.25, 0.3) is 0 Å². The molecule has 0 aliphatic carbocycles. The van der Waals surface area contributed by atoms with Gasteiger partial charge in [-0.3, -0.25) is 0 Å². The van der Waals surface area contributed by atoms with Crippen LogP contribution in [0.3, 0.4) is 0 Å². The maximum Gasteiger partial charge on any atom is 0.337 e. The number of hydrogen-bond acceptors (Lipinski definition) is 3. The van der Waals surface area contributed by atoms with E-state index in [0.717, 1.165) is 25.2 Å². The van der Waals surface area contributed by atoms with E-state index in [2.05, 4.69) is 31.1 Å². The molecule has 1 rings (SSSR count). The van der Waals surface area contributed by atoms with Gasteiger partial charge in [0, 0.05) is 24.8 Å². The van der Waals surface area contributed by atoms with Crippen molar-refractivity contribution in [1.82, 2.24) is 4.90 Å². The van der Waals surface area contributed by atoms with Gasteiger partial charge in [-0.2, -0.15) is 0 Å². The Morgan fingerprint density at radius 2 is 2.21 bits per heavy atom. The van der Waals surface area contributed by atoms with Crippen molar-refractivity contribution in [2.45, 2.75) is 26.3 Å². The summed E-state index contributed by atoms with van der Waals surface area (Å²) in [5.41, 5.74) is 0.969. The van der Waals surface area contributed by atoms with Crippen LogP contribution in [0.1, 0.15) is 30.6 Å². The van der Waals surface area contributed by atoms with Gasteiger partial charge in [-0.15, -0.1) is 0 Å². The quantitative estimate of drug-likeness (QED) is 0.807. The molecule has 0 aromatic heterocycles. The summed E-state index contributed by atoms with van der Waals surface area (Å²) in [4.78, 5) is 13.1. The predicted molar refractivity (Wildman–Crippen MR) is 79.3 cm³/mol. The Morgan fingerprint density at radius 3 is 2.74 bits per heavy atom. The van der Waals surface area contributed by atoms with Crippen LogP contribution in [0, 0.1) is 0 Å². The summed E-state index contributed by atoms with van der Waals surface area (Å²) >= 11 is 5.91. The summed E-state index contributed by atoms with van der Waals surface area (Å²) in [5, 5.41) is 12.4. The molecule has 0 saturated carbocycles. The second-order valence-corrected chi connectivity index (χ2v) is 5.07. The lowest BCUT2D eigenvalue weighted by atomic mass is 10.2. The lowest BCUT2D eigenvalue weighted by molar-refractivity contribution is 0.0697. The van der Waals surface area contributed by atoms with Crippen molar-refractivity contribution >= 4 is 23.3 Å². The summed E-state index contributed by atoms with van der Waals surface area (Å²) in [5.74, 6) is -1.01. The fourth-order valence-electron chi connectivity index (χ4n) is 1.71. The summed E-state index contributed by atoms with van der Waals surface area (Å²) in [6.45, 7) is 6.08. The molecule has 4 nitrogen and oxygen atoms in total. The number of rotatable bonds is 7. The van der Waals surface area contributed by atoms with E-state index in [4.69, 9.17) is 16.7 Å². The Kier molecular flexibility index (Phi) is 6.12. The van der Waals surface area contributed by atoms with Gasteiger partial charge in [0.25, 0.3) is 0 Å². The minimum absolute atomic E-state index is 0.129. The first-order valence-electron chi connectivity index (χ1n) is 6.42. The zero-order valence-electron chi connectivity index (χ0n) is 11.6. The van der Waals surface area contributed by atoms with Crippen molar-refractivity contribution < 1.29 is 9.90 Å². The molecule has 0 aliphatic rings. The van der Waals surface area contributed by atoms with Crippen LogP contribution in [0.15, 0.2) is 18.2 Å². The number of carbonyl (C=O) groups is 1. The van der Waals surface area contributed by atoms with Crippen LogP contribution in [0.2, 0.25) is 5.02 Å². The Morgan fingerprint density at radius 1 is 1.53 bits per heavy atom. The molecule has 2 N–H and O–H groups in total. The number of nitrogens with one attached hydrogen (secondary N) is 1. The standard InChI is InChI=1S/C14H21ClN2O2/c1-4-10(2)17(3)8-7-16-11-5-6-12(14(18)19)13(15)9-11/h5-6,9-10,16H,4,7-8H2,1-3H3,(H,18,19). The number of nitrogens with zero attached hydrogens (tertiary/aromatic N) is 1. The molecule has 1 atom stereocenters. The van der Waals surface area contributed by atoms with Crippen molar-refractivity contribution in [3.05, 3.63) is 28.8 Å². The molecule has 106 valence electrons. The van der Waals surface area contributed by atoms with E-state index < -0.39 is 5.97 Å². The molecular weight excluding hydrogens is 264 g/mol. The summed E-state index contributed by atoms with van der Waals surface area (Å²) in [7, 11) is 2.09. The van der Waals surface area contributed by atoms with E-state index in [1.165, 1.54) is 6.07 Å². The van der Waals surface area contributed by atoms with Gasteiger partial charge in [0.1, 0.15) is 0 Å². The first-order valence-corrected chi connectivity index (χ1v) is 6.80. The van der Waals surface area contributed by atoms with Crippen LogP contribution in [0.4, 0.5) is 5.69 Å². The van der Waals surface area contributed by atoms with E-state index in [9.17, 15) is 4.79 Å². The lowest BCUT2D eigenvalue weighted by Gasteiger charge is -2.23. The van der Waals surface area contributed by atoms with E-state index in [1.807, 2.05) is 0 Å². The first-order chi connectivity index (χ1) is 8.95. The van der Waals surface area contributed by atoms with Crippen LogP contribution in [-0.2, 0) is 0 Å². The van der Waals surface area contributed by atoms with Gasteiger partial charge in [-0.05, 0) is 38.6 Å². The summed E-state index contributed by atoms with van der Waals surface area (Å²) in [6.07, 6.45) is 1.12. The Balaban J connectivity index is 2.51. The highest BCUT2D eigenvalue weighted by molar-refractivity contribution is 6.33. The van der Waals surface area contributed by atoms with Crippen molar-refractivity contribution in [3.8, 4) is 0 Å². The minimum atomic E-state index is -1.01. The molecule has 1 aromatic rings. The zero-order chi connectivity index (χ0) is 14.4. The number of halogens is 1. The van der Waals surface area contributed by atoms with E-state index in [-0.39, 0.29) is 10.6 Å². The van der Waals surface area contributed by atoms with Crippen molar-refractivity contribution in [2.75, 3.05) is 25.5 Å². The molecule has 19 heavy (non-hydrogen) atoms. The molecule has 1 aromatic carbocycles. The highest BCUT2D eigenvalue weighted by Gasteiger charge is 2.09. The van der Waals surface area contributed by atoms with Crippen LogP contribution < -0.4 is 5.32 Å². The number of carboxylic acids is 1. The predicted octanol–water partition coefficient (Wildman–Crippen LogP) is 3.18. The molecule has 0 bridgehead atoms. The molecule has 0 saturated heterocycles. The van der Waals surface area contributed by atoms with Gasteiger partial charge >= 0.3 is 5.97 Å². The third-order valence-corrected chi connectivity index (χ3v) is 3.65. The third kappa shape index (κ3) is 4.73. The highest BCUT2D eigenvalue weighted by Crippen LogP contribution is 2.20. The third-order valence-electron chi connectivity index (χ3n) is 3.34. The maximum atomic E-state index is 10.8. The topological polar surface area (TPSA) is 52.6 Å². The lowest BCUT2D eigenvalue weighted by Crippen LogP contribution is -2.32. The molecule has 1 unspecified atom stereocenters. The molecule has 0 amide bonds. The number of hydrogen-bond donors (Lipinski definition) is 2. The Bertz CT molecular complexity index is 437. The smallest absolute Gasteiger partial charge is 0.337 e. The van der Waals surface area contributed by atoms with Crippen LogP contribution in [0.5, 0.6) is 0 Å². The number of aromatic carboxylic acids is 1. The number of carboxylic acid groups (broad SMARTS) is 1. The fraction of sp³-hybridized carbons (Fsp3) is 0.500. The second kappa shape index (κ2) is 7.36. The summed E-state index contributed by atoms with van der Waals surface area (Å²) in [6, 6.07) is 5.46. The maximum absolute atomic E-state index is 10.8. The Hall–Kier alpha value is -1.26. The van der Waals surface area contributed by atoms with Crippen molar-refractivity contribution in [3.63, 3.8) is 0 Å². The van der Waals surface area contributed by atoms with Crippen LogP contribution >= 0.6 is 11.6 Å². The highest BCUT2D eigenvalue weighted by atomic mass is 35.5. The van der Waals surface area contributed by atoms with Gasteiger partial charge < -0.3 is 15.3 Å². The molecule has 0 aliphatic heterocycles. The van der Waals surface area contributed by atoms with Gasteiger partial charge in [-0.25, -0.2) is 4.79 Å². The summed E-state index contributed by atoms with van der Waals surface area (Å²) < 4.78 is 0. The first kappa shape index (κ1) is 15.8. The molecule has 0 radical (unpaired) electrons. The number of anilines is 1. The molecular formula is C14H21ClN2O2. The number of benzene rings is 1. The van der Waals surface area contributed by atoms with E-state index in [1.54, 1.807) is 12.1 Å². The van der Waals surface area contributed by atoms with Gasteiger partial charge in [0.05, 0.1) is 10.6 Å². The molecule has 5 heteroatoms. The van der Waals surface area contributed by atoms with Crippen molar-refractivity contribution in [1.29, 1.82) is 0 Å². The normalized spacial score (nSPS) is 12.5. The SMILES string of the molecule is CCC(C)N(C)CCNc1ccc(C(=O)O)c(Cl)c1. The molecule has 0 fully saturated rings. The average Bonchev–Trinajstić information content (AvgIpc) is 2.37. The average molecular weight is 285 g/mol. The Labute approximate surface area is 119 Å². The minimum Gasteiger partial charge on any atom is -0.478 e. The second-order valence-electron chi connectivity index (χ2n) is 4.66. The zero-order valence-corrected chi connectivity index (χ0v) is 12.4. The largest absolute Gasteiger partial charge is 0.478 e. The van der Waals surface area contributed by atoms with Gasteiger partial charge in [-0.1, -0.05) is 18.5 Å². The number of likely N-dealkylation sites (N-methyl/N-ethyl adjacent to an activating group) is 1. The monoisotopic (exact) mass is 284 g/mol.